The molecule has 14 heavy (non-hydrogen) atoms. The number of carbonyl (C=O) groups excluding carboxylic acids is 1. The summed E-state index contributed by atoms with van der Waals surface area (Å²) < 4.78 is 13.2. The smallest absolute Gasteiger partial charge is 0.239 e. The van der Waals surface area contributed by atoms with Crippen LogP contribution in [0.1, 0.15) is 0 Å². The van der Waals surface area contributed by atoms with Gasteiger partial charge in [0, 0.05) is 13.1 Å². The standard InChI is InChI=1S/C8H9FN4O/c9-6-3-10-5-12-8(6)13-2-1-11-7(14)4-13/h3,5H,1-2,4H2,(H,11,14). The van der Waals surface area contributed by atoms with Gasteiger partial charge in [0.25, 0.3) is 0 Å². The minimum Gasteiger partial charge on any atom is -0.353 e. The first-order chi connectivity index (χ1) is 6.77. The van der Waals surface area contributed by atoms with E-state index in [2.05, 4.69) is 15.3 Å². The second-order valence-corrected chi connectivity index (χ2v) is 2.97. The summed E-state index contributed by atoms with van der Waals surface area (Å²) in [5, 5.41) is 2.65. The van der Waals surface area contributed by atoms with Gasteiger partial charge in [-0.3, -0.25) is 4.79 Å². The average Bonchev–Trinajstić information content (AvgIpc) is 2.18. The third-order valence-corrected chi connectivity index (χ3v) is 1.99. The molecule has 1 aliphatic rings. The maximum absolute atomic E-state index is 13.2. The summed E-state index contributed by atoms with van der Waals surface area (Å²) in [6, 6.07) is 0. The summed E-state index contributed by atoms with van der Waals surface area (Å²) in [6.45, 7) is 1.23. The highest BCUT2D eigenvalue weighted by molar-refractivity contribution is 5.82. The van der Waals surface area contributed by atoms with Crippen molar-refractivity contribution in [3.8, 4) is 0 Å². The summed E-state index contributed by atoms with van der Waals surface area (Å²) in [4.78, 5) is 20.0. The normalized spacial score (nSPS) is 16.6. The summed E-state index contributed by atoms with van der Waals surface area (Å²) in [5.41, 5.74) is 0. The first kappa shape index (κ1) is 8.86. The number of anilines is 1. The van der Waals surface area contributed by atoms with Crippen LogP contribution in [0.5, 0.6) is 0 Å². The van der Waals surface area contributed by atoms with Gasteiger partial charge in [-0.1, -0.05) is 0 Å². The van der Waals surface area contributed by atoms with Gasteiger partial charge in [-0.25, -0.2) is 14.4 Å². The van der Waals surface area contributed by atoms with Gasteiger partial charge in [0.15, 0.2) is 11.6 Å². The van der Waals surface area contributed by atoms with Crippen LogP contribution in [0.15, 0.2) is 12.5 Å². The number of halogens is 1. The van der Waals surface area contributed by atoms with E-state index < -0.39 is 5.82 Å². The molecule has 0 atom stereocenters. The number of piperazine rings is 1. The number of hydrogen-bond donors (Lipinski definition) is 1. The topological polar surface area (TPSA) is 58.1 Å². The van der Waals surface area contributed by atoms with Gasteiger partial charge < -0.3 is 10.2 Å². The zero-order valence-electron chi connectivity index (χ0n) is 7.40. The van der Waals surface area contributed by atoms with Crippen molar-refractivity contribution in [2.24, 2.45) is 0 Å². The fraction of sp³-hybridized carbons (Fsp3) is 0.375. The number of nitrogens with zero attached hydrogens (tertiary/aromatic N) is 3. The molecule has 0 aliphatic carbocycles. The molecule has 1 aliphatic heterocycles. The highest BCUT2D eigenvalue weighted by atomic mass is 19.1. The van der Waals surface area contributed by atoms with Crippen molar-refractivity contribution in [2.45, 2.75) is 0 Å². The van der Waals surface area contributed by atoms with Gasteiger partial charge in [0.1, 0.15) is 6.33 Å². The molecule has 0 radical (unpaired) electrons. The molecule has 1 saturated heterocycles. The number of amides is 1. The maximum Gasteiger partial charge on any atom is 0.239 e. The molecule has 0 spiro atoms. The van der Waals surface area contributed by atoms with Crippen LogP contribution < -0.4 is 10.2 Å². The first-order valence-corrected chi connectivity index (χ1v) is 4.24. The molecule has 0 unspecified atom stereocenters. The third kappa shape index (κ3) is 1.63. The van der Waals surface area contributed by atoms with Crippen molar-refractivity contribution < 1.29 is 9.18 Å². The lowest BCUT2D eigenvalue weighted by atomic mass is 10.3. The van der Waals surface area contributed by atoms with Crippen LogP contribution >= 0.6 is 0 Å². The Hall–Kier alpha value is -1.72. The van der Waals surface area contributed by atoms with Crippen LogP contribution in [0.4, 0.5) is 10.2 Å². The van der Waals surface area contributed by atoms with Crippen molar-refractivity contribution in [1.29, 1.82) is 0 Å². The molecule has 0 saturated carbocycles. The molecular formula is C8H9FN4O. The van der Waals surface area contributed by atoms with Crippen LogP contribution in [0, 0.1) is 5.82 Å². The highest BCUT2D eigenvalue weighted by Crippen LogP contribution is 2.14. The molecule has 74 valence electrons. The number of carbonyl (C=O) groups is 1. The number of nitrogens with one attached hydrogen (secondary N) is 1. The van der Waals surface area contributed by atoms with Gasteiger partial charge in [0.2, 0.25) is 5.91 Å². The van der Waals surface area contributed by atoms with E-state index in [1.165, 1.54) is 6.33 Å². The van der Waals surface area contributed by atoms with E-state index in [4.69, 9.17) is 0 Å². The van der Waals surface area contributed by atoms with Crippen LogP contribution in [-0.2, 0) is 4.79 Å². The van der Waals surface area contributed by atoms with Crippen molar-refractivity contribution in [3.63, 3.8) is 0 Å². The second-order valence-electron chi connectivity index (χ2n) is 2.97. The van der Waals surface area contributed by atoms with E-state index in [1.54, 1.807) is 4.90 Å². The molecule has 1 amide bonds. The van der Waals surface area contributed by atoms with E-state index in [-0.39, 0.29) is 18.3 Å². The fourth-order valence-corrected chi connectivity index (χ4v) is 1.36. The van der Waals surface area contributed by atoms with E-state index in [0.29, 0.717) is 13.1 Å². The van der Waals surface area contributed by atoms with Crippen molar-refractivity contribution >= 4 is 11.7 Å². The molecule has 1 N–H and O–H groups in total. The highest BCUT2D eigenvalue weighted by Gasteiger charge is 2.19. The zero-order chi connectivity index (χ0) is 9.97. The Balaban J connectivity index is 2.22. The van der Waals surface area contributed by atoms with Crippen LogP contribution in [0.2, 0.25) is 0 Å². The molecular weight excluding hydrogens is 187 g/mol. The monoisotopic (exact) mass is 196 g/mol. The summed E-state index contributed by atoms with van der Waals surface area (Å²) in [6.07, 6.45) is 2.36. The Labute approximate surface area is 80.0 Å². The van der Waals surface area contributed by atoms with Gasteiger partial charge in [0.05, 0.1) is 12.7 Å². The number of aromatic nitrogens is 2. The van der Waals surface area contributed by atoms with Gasteiger partial charge in [-0.2, -0.15) is 0 Å². The Bertz CT molecular complexity index is 357. The van der Waals surface area contributed by atoms with Gasteiger partial charge in [-0.15, -0.1) is 0 Å². The fourth-order valence-electron chi connectivity index (χ4n) is 1.36. The second kappa shape index (κ2) is 3.57. The predicted molar refractivity (Wildman–Crippen MR) is 47.2 cm³/mol. The van der Waals surface area contributed by atoms with Crippen LogP contribution in [0.25, 0.3) is 0 Å². The largest absolute Gasteiger partial charge is 0.353 e. The lowest BCUT2D eigenvalue weighted by Gasteiger charge is -2.27. The molecule has 5 nitrogen and oxygen atoms in total. The minimum absolute atomic E-state index is 0.116. The quantitative estimate of drug-likeness (QED) is 0.661. The van der Waals surface area contributed by atoms with E-state index in [0.717, 1.165) is 6.20 Å². The molecule has 6 heteroatoms. The van der Waals surface area contributed by atoms with E-state index in [1.807, 2.05) is 0 Å². The molecule has 2 rings (SSSR count). The van der Waals surface area contributed by atoms with Crippen molar-refractivity contribution in [3.05, 3.63) is 18.3 Å². The SMILES string of the molecule is O=C1CN(c2ncncc2F)CCN1. The Kier molecular flexibility index (Phi) is 2.26. The Morgan fingerprint density at radius 1 is 1.57 bits per heavy atom. The van der Waals surface area contributed by atoms with Gasteiger partial charge in [-0.05, 0) is 0 Å². The molecule has 1 aromatic rings. The van der Waals surface area contributed by atoms with Crippen molar-refractivity contribution in [1.82, 2.24) is 15.3 Å². The third-order valence-electron chi connectivity index (χ3n) is 1.99. The van der Waals surface area contributed by atoms with Crippen LogP contribution in [0.3, 0.4) is 0 Å². The Morgan fingerprint density at radius 3 is 3.14 bits per heavy atom. The molecule has 0 aromatic carbocycles. The number of rotatable bonds is 1. The Morgan fingerprint density at radius 2 is 2.43 bits per heavy atom. The molecule has 1 aromatic heterocycles. The van der Waals surface area contributed by atoms with Gasteiger partial charge >= 0.3 is 0 Å². The minimum atomic E-state index is -0.498. The van der Waals surface area contributed by atoms with E-state index >= 15 is 0 Å². The number of hydrogen-bond acceptors (Lipinski definition) is 4. The lowest BCUT2D eigenvalue weighted by Crippen LogP contribution is -2.48. The summed E-state index contributed by atoms with van der Waals surface area (Å²) in [5.74, 6) is -0.425. The first-order valence-electron chi connectivity index (χ1n) is 4.24. The zero-order valence-corrected chi connectivity index (χ0v) is 7.40. The summed E-state index contributed by atoms with van der Waals surface area (Å²) >= 11 is 0. The average molecular weight is 196 g/mol. The lowest BCUT2D eigenvalue weighted by molar-refractivity contribution is -0.120. The molecule has 2 heterocycles. The molecule has 0 bridgehead atoms. The van der Waals surface area contributed by atoms with Crippen molar-refractivity contribution in [2.75, 3.05) is 24.5 Å². The maximum atomic E-state index is 13.2. The summed E-state index contributed by atoms with van der Waals surface area (Å²) in [7, 11) is 0. The van der Waals surface area contributed by atoms with E-state index in [9.17, 15) is 9.18 Å². The van der Waals surface area contributed by atoms with Crippen LogP contribution in [-0.4, -0.2) is 35.5 Å². The molecule has 1 fully saturated rings. The predicted octanol–water partition coefficient (Wildman–Crippen LogP) is -0.448.